The molecule has 0 fully saturated rings. The molecule has 0 aromatic heterocycles. The number of hydrogen-bond acceptors (Lipinski definition) is 1. The van der Waals surface area contributed by atoms with E-state index in [4.69, 9.17) is 0 Å². The molecule has 1 unspecified atom stereocenters. The predicted molar refractivity (Wildman–Crippen MR) is 138 cm³/mol. The molecule has 0 bridgehead atoms. The lowest BCUT2D eigenvalue weighted by atomic mass is 10.2. The third-order valence-corrected chi connectivity index (χ3v) is 4.66. The summed E-state index contributed by atoms with van der Waals surface area (Å²) in [7, 11) is -0.0884. The predicted octanol–water partition coefficient (Wildman–Crippen LogP) is 7.80. The standard InChI is InChI=1S/C14H18F3NS.C7H8.C4H8.C2H2/c1-4-12(14(15,16)17)10-18-9-11-6-5-7-13(8-11)19(2)3;1-7-5-3-2-4-6-7;1-4(2)3;1-2/h4-8,18H,2,9-10H2,1,3H3;2-6H,1H3;1H2,2-3H3;1-2H/b12-4+;;;. The molecule has 0 radical (unpaired) electrons. The average molecular weight is 464 g/mol. The highest BCUT2D eigenvalue weighted by Crippen LogP contribution is 2.25. The second kappa shape index (κ2) is 18.1. The maximum absolute atomic E-state index is 12.5. The summed E-state index contributed by atoms with van der Waals surface area (Å²) < 4.78 is 37.5. The van der Waals surface area contributed by atoms with Crippen LogP contribution in [0.2, 0.25) is 0 Å². The van der Waals surface area contributed by atoms with Gasteiger partial charge in [-0.25, -0.2) is 0 Å². The van der Waals surface area contributed by atoms with Crippen molar-refractivity contribution >= 4 is 16.4 Å². The first kappa shape index (κ1) is 31.6. The Balaban J connectivity index is 0. The molecule has 0 amide bonds. The van der Waals surface area contributed by atoms with E-state index in [1.807, 2.05) is 62.6 Å². The first-order valence-corrected chi connectivity index (χ1v) is 11.7. The van der Waals surface area contributed by atoms with E-state index in [2.05, 4.69) is 49.7 Å². The molecule has 2 aromatic carbocycles. The second-order valence-corrected chi connectivity index (χ2v) is 8.81. The van der Waals surface area contributed by atoms with Gasteiger partial charge in [0.25, 0.3) is 0 Å². The van der Waals surface area contributed by atoms with Gasteiger partial charge in [-0.3, -0.25) is 0 Å². The van der Waals surface area contributed by atoms with E-state index in [-0.39, 0.29) is 17.0 Å². The van der Waals surface area contributed by atoms with Crippen LogP contribution in [-0.4, -0.2) is 24.8 Å². The van der Waals surface area contributed by atoms with Gasteiger partial charge in [0.2, 0.25) is 0 Å². The molecule has 1 nitrogen and oxygen atoms in total. The summed E-state index contributed by atoms with van der Waals surface area (Å²) in [4.78, 5) is 1.11. The van der Waals surface area contributed by atoms with Gasteiger partial charge in [0, 0.05) is 23.6 Å². The summed E-state index contributed by atoms with van der Waals surface area (Å²) in [5, 5.41) is 2.82. The molecule has 1 N–H and O–H groups in total. The van der Waals surface area contributed by atoms with Gasteiger partial charge in [0.1, 0.15) is 0 Å². The lowest BCUT2D eigenvalue weighted by molar-refractivity contribution is -0.0930. The first-order valence-electron chi connectivity index (χ1n) is 9.92. The van der Waals surface area contributed by atoms with E-state index in [1.165, 1.54) is 18.1 Å². The Labute approximate surface area is 195 Å². The minimum absolute atomic E-state index is 0.0884. The number of allylic oxidation sites excluding steroid dienone is 2. The van der Waals surface area contributed by atoms with Crippen LogP contribution < -0.4 is 5.32 Å². The summed E-state index contributed by atoms with van der Waals surface area (Å²) in [5.74, 6) is 3.95. The van der Waals surface area contributed by atoms with Gasteiger partial charge in [-0.2, -0.15) is 23.7 Å². The maximum atomic E-state index is 12.5. The second-order valence-electron chi connectivity index (χ2n) is 7.06. The van der Waals surface area contributed by atoms with Crippen LogP contribution in [0.1, 0.15) is 31.9 Å². The van der Waals surface area contributed by atoms with Gasteiger partial charge >= 0.3 is 6.18 Å². The Hall–Kier alpha value is -2.55. The van der Waals surface area contributed by atoms with Crippen LogP contribution in [0.4, 0.5) is 13.2 Å². The maximum Gasteiger partial charge on any atom is 0.413 e. The molecule has 0 spiro atoms. The van der Waals surface area contributed by atoms with Crippen LogP contribution in [0.25, 0.3) is 0 Å². The van der Waals surface area contributed by atoms with Gasteiger partial charge in [0.05, 0.1) is 0 Å². The van der Waals surface area contributed by atoms with Gasteiger partial charge in [-0.05, 0) is 51.6 Å². The molecule has 2 aromatic rings. The number of rotatable bonds is 5. The van der Waals surface area contributed by atoms with Crippen LogP contribution in [0.3, 0.4) is 0 Å². The van der Waals surface area contributed by atoms with Crippen LogP contribution in [0.5, 0.6) is 0 Å². The molecule has 0 aliphatic rings. The van der Waals surface area contributed by atoms with Crippen molar-refractivity contribution in [1.29, 1.82) is 0 Å². The van der Waals surface area contributed by atoms with E-state index in [1.54, 1.807) is 0 Å². The minimum atomic E-state index is -4.26. The minimum Gasteiger partial charge on any atom is -0.309 e. The quantitative estimate of drug-likeness (QED) is 0.271. The Bertz CT molecular complexity index is 846. The Morgan fingerprint density at radius 1 is 1.06 bits per heavy atom. The van der Waals surface area contributed by atoms with Gasteiger partial charge in [-0.1, -0.05) is 65.5 Å². The third kappa shape index (κ3) is 17.2. The number of hydrogen-bond donors (Lipinski definition) is 1. The van der Waals surface area contributed by atoms with E-state index in [9.17, 15) is 13.2 Å². The fourth-order valence-electron chi connectivity index (χ4n) is 2.11. The van der Waals surface area contributed by atoms with E-state index < -0.39 is 11.7 Å². The van der Waals surface area contributed by atoms with Crippen LogP contribution in [0, 0.1) is 19.8 Å². The summed E-state index contributed by atoms with van der Waals surface area (Å²) in [6.45, 7) is 11.2. The van der Waals surface area contributed by atoms with Gasteiger partial charge < -0.3 is 5.32 Å². The number of aryl methyl sites for hydroxylation is 1. The highest BCUT2D eigenvalue weighted by atomic mass is 32.2. The largest absolute Gasteiger partial charge is 0.413 e. The molecule has 0 saturated carbocycles. The van der Waals surface area contributed by atoms with E-state index >= 15 is 0 Å². The lowest BCUT2D eigenvalue weighted by Gasteiger charge is -2.12. The summed E-state index contributed by atoms with van der Waals surface area (Å²) in [6.07, 6.45) is 6.85. The number of terminal acetylenes is 1. The van der Waals surface area contributed by atoms with Crippen molar-refractivity contribution in [2.75, 3.05) is 12.8 Å². The smallest absolute Gasteiger partial charge is 0.309 e. The Kier molecular flexibility index (Phi) is 17.9. The topological polar surface area (TPSA) is 12.0 Å². The van der Waals surface area contributed by atoms with Crippen LogP contribution >= 0.6 is 10.5 Å². The van der Waals surface area contributed by atoms with E-state index in [0.29, 0.717) is 6.54 Å². The number of nitrogens with one attached hydrogen (secondary N) is 1. The number of halogens is 3. The molecule has 2 rings (SSSR count). The van der Waals surface area contributed by atoms with Gasteiger partial charge in [-0.15, -0.1) is 19.4 Å². The molecule has 32 heavy (non-hydrogen) atoms. The highest BCUT2D eigenvalue weighted by Gasteiger charge is 2.32. The lowest BCUT2D eigenvalue weighted by Crippen LogP contribution is -2.24. The van der Waals surface area contributed by atoms with Crippen molar-refractivity contribution in [3.8, 4) is 12.8 Å². The van der Waals surface area contributed by atoms with Crippen molar-refractivity contribution in [2.45, 2.75) is 45.3 Å². The molecule has 0 aliphatic carbocycles. The van der Waals surface area contributed by atoms with Crippen molar-refractivity contribution in [3.63, 3.8) is 0 Å². The third-order valence-electron chi connectivity index (χ3n) is 3.60. The van der Waals surface area contributed by atoms with Crippen molar-refractivity contribution in [1.82, 2.24) is 5.32 Å². The summed E-state index contributed by atoms with van der Waals surface area (Å²) in [5.41, 5.74) is 2.91. The number of benzene rings is 2. The zero-order valence-electron chi connectivity index (χ0n) is 19.8. The Morgan fingerprint density at radius 2 is 1.59 bits per heavy atom. The molecule has 176 valence electrons. The zero-order valence-corrected chi connectivity index (χ0v) is 20.6. The van der Waals surface area contributed by atoms with E-state index in [0.717, 1.165) is 16.5 Å². The van der Waals surface area contributed by atoms with Crippen molar-refractivity contribution < 1.29 is 13.2 Å². The molecule has 1 atom stereocenters. The number of alkyl halides is 3. The summed E-state index contributed by atoms with van der Waals surface area (Å²) >= 11 is 0. The van der Waals surface area contributed by atoms with Crippen molar-refractivity contribution in [3.05, 3.63) is 89.5 Å². The highest BCUT2D eigenvalue weighted by molar-refractivity contribution is 8.13. The Morgan fingerprint density at radius 3 is 1.97 bits per heavy atom. The SMILES string of the molecule is C#C.C=C(C)C.C=S(C)c1cccc(CNC/C(=C\C)C(F)(F)F)c1.Cc1ccccc1. The molecule has 0 aliphatic heterocycles. The molecular formula is C27H36F3NS. The fourth-order valence-corrected chi connectivity index (χ4v) is 2.78. The molecule has 0 saturated heterocycles. The molecule has 0 heterocycles. The van der Waals surface area contributed by atoms with Crippen LogP contribution in [-0.2, 0) is 6.54 Å². The monoisotopic (exact) mass is 463 g/mol. The van der Waals surface area contributed by atoms with Crippen LogP contribution in [0.15, 0.2) is 83.3 Å². The molecule has 5 heteroatoms. The fraction of sp³-hybridized carbons (Fsp3) is 0.296. The van der Waals surface area contributed by atoms with Crippen molar-refractivity contribution in [2.24, 2.45) is 0 Å². The van der Waals surface area contributed by atoms with Gasteiger partial charge in [0.15, 0.2) is 0 Å². The average Bonchev–Trinajstić information content (AvgIpc) is 2.72. The first-order chi connectivity index (χ1) is 15.0. The summed E-state index contributed by atoms with van der Waals surface area (Å²) in [6, 6.07) is 18.0. The molecular weight excluding hydrogens is 427 g/mol. The normalized spacial score (nSPS) is 11.4. The zero-order chi connectivity index (χ0) is 25.2.